The molecule has 0 saturated carbocycles. The summed E-state index contributed by atoms with van der Waals surface area (Å²) in [5, 5.41) is 3.24. The highest BCUT2D eigenvalue weighted by atomic mass is 19.1. The van der Waals surface area contributed by atoms with Gasteiger partial charge in [-0.25, -0.2) is 4.39 Å². The fraction of sp³-hybridized carbons (Fsp3) is 0.188. The topological polar surface area (TPSA) is 29.1 Å². The molecule has 19 heavy (non-hydrogen) atoms. The normalized spacial score (nSPS) is 12.9. The third-order valence-corrected chi connectivity index (χ3v) is 3.44. The maximum atomic E-state index is 13.7. The van der Waals surface area contributed by atoms with E-state index in [0.29, 0.717) is 5.56 Å². The monoisotopic (exact) mass is 255 g/mol. The summed E-state index contributed by atoms with van der Waals surface area (Å²) in [6.45, 7) is 2.74. The molecule has 0 spiro atoms. The van der Waals surface area contributed by atoms with E-state index < -0.39 is 5.82 Å². The van der Waals surface area contributed by atoms with Crippen molar-refractivity contribution < 1.29 is 9.18 Å². The van der Waals surface area contributed by atoms with Gasteiger partial charge >= 0.3 is 0 Å². The molecule has 1 N–H and O–H groups in total. The number of rotatable bonds is 2. The molecule has 0 unspecified atom stereocenters. The molecule has 2 nitrogen and oxygen atoms in total. The lowest BCUT2D eigenvalue weighted by Crippen LogP contribution is -2.05. The Labute approximate surface area is 111 Å². The molecule has 1 heterocycles. The first-order valence-corrected chi connectivity index (χ1v) is 6.33. The van der Waals surface area contributed by atoms with Gasteiger partial charge in [-0.3, -0.25) is 4.79 Å². The summed E-state index contributed by atoms with van der Waals surface area (Å²) in [6.07, 6.45) is 0.909. The summed E-state index contributed by atoms with van der Waals surface area (Å²) < 4.78 is 13.7. The van der Waals surface area contributed by atoms with E-state index in [2.05, 4.69) is 5.32 Å². The maximum absolute atomic E-state index is 13.7. The lowest BCUT2D eigenvalue weighted by Gasteiger charge is -2.06. The van der Waals surface area contributed by atoms with Crippen LogP contribution in [0.5, 0.6) is 0 Å². The van der Waals surface area contributed by atoms with Crippen LogP contribution in [-0.2, 0) is 6.42 Å². The summed E-state index contributed by atoms with van der Waals surface area (Å²) >= 11 is 0. The fourth-order valence-corrected chi connectivity index (χ4v) is 2.41. The Kier molecular flexibility index (Phi) is 2.82. The smallest absolute Gasteiger partial charge is 0.195 e. The summed E-state index contributed by atoms with van der Waals surface area (Å²) in [5.74, 6) is -0.717. The van der Waals surface area contributed by atoms with Gasteiger partial charge in [0.15, 0.2) is 5.78 Å². The van der Waals surface area contributed by atoms with E-state index in [1.165, 1.54) is 6.07 Å². The highest BCUT2D eigenvalue weighted by molar-refractivity contribution is 6.09. The van der Waals surface area contributed by atoms with Crippen molar-refractivity contribution >= 4 is 11.5 Å². The molecule has 0 aliphatic carbocycles. The van der Waals surface area contributed by atoms with Gasteiger partial charge in [-0.15, -0.1) is 0 Å². The summed E-state index contributed by atoms with van der Waals surface area (Å²) in [5.41, 5.74) is 3.77. The van der Waals surface area contributed by atoms with Crippen molar-refractivity contribution in [1.29, 1.82) is 0 Å². The van der Waals surface area contributed by atoms with Gasteiger partial charge in [0.2, 0.25) is 0 Å². The number of carbonyl (C=O) groups excluding carboxylic acids is 1. The first kappa shape index (κ1) is 11.9. The number of halogens is 1. The van der Waals surface area contributed by atoms with E-state index in [1.54, 1.807) is 18.2 Å². The first-order valence-electron chi connectivity index (χ1n) is 6.33. The minimum Gasteiger partial charge on any atom is -0.384 e. The predicted octanol–water partition coefficient (Wildman–Crippen LogP) is 3.33. The van der Waals surface area contributed by atoms with Crippen molar-refractivity contribution in [3.05, 3.63) is 64.5 Å². The Hall–Kier alpha value is -2.16. The van der Waals surface area contributed by atoms with Gasteiger partial charge in [0, 0.05) is 17.8 Å². The quantitative estimate of drug-likeness (QED) is 0.834. The number of carbonyl (C=O) groups is 1. The van der Waals surface area contributed by atoms with Gasteiger partial charge in [0.1, 0.15) is 5.82 Å². The van der Waals surface area contributed by atoms with Gasteiger partial charge < -0.3 is 5.32 Å². The van der Waals surface area contributed by atoms with Crippen LogP contribution < -0.4 is 5.32 Å². The summed E-state index contributed by atoms with van der Waals surface area (Å²) in [4.78, 5) is 12.4. The van der Waals surface area contributed by atoms with Gasteiger partial charge in [0.05, 0.1) is 5.56 Å². The minimum absolute atomic E-state index is 0.144. The van der Waals surface area contributed by atoms with Gasteiger partial charge in [-0.1, -0.05) is 11.6 Å². The van der Waals surface area contributed by atoms with E-state index >= 15 is 0 Å². The van der Waals surface area contributed by atoms with Crippen molar-refractivity contribution in [2.75, 3.05) is 11.9 Å². The molecule has 0 atom stereocenters. The van der Waals surface area contributed by atoms with Gasteiger partial charge in [-0.05, 0) is 49.2 Å². The molecule has 2 aromatic carbocycles. The number of aryl methyl sites for hydroxylation is 1. The van der Waals surface area contributed by atoms with E-state index in [-0.39, 0.29) is 11.3 Å². The molecular weight excluding hydrogens is 241 g/mol. The van der Waals surface area contributed by atoms with Crippen molar-refractivity contribution in [2.24, 2.45) is 0 Å². The van der Waals surface area contributed by atoms with E-state index in [9.17, 15) is 9.18 Å². The lowest BCUT2D eigenvalue weighted by molar-refractivity contribution is 0.103. The number of benzene rings is 2. The first-order chi connectivity index (χ1) is 9.15. The maximum Gasteiger partial charge on any atom is 0.195 e. The molecule has 96 valence electrons. The number of nitrogens with one attached hydrogen (secondary N) is 1. The second-order valence-electron chi connectivity index (χ2n) is 4.86. The fourth-order valence-electron chi connectivity index (χ4n) is 2.41. The Morgan fingerprint density at radius 1 is 1.21 bits per heavy atom. The molecule has 0 radical (unpaired) electrons. The van der Waals surface area contributed by atoms with Crippen molar-refractivity contribution in [1.82, 2.24) is 0 Å². The Morgan fingerprint density at radius 3 is 2.89 bits per heavy atom. The largest absolute Gasteiger partial charge is 0.384 e. The van der Waals surface area contributed by atoms with Crippen LogP contribution in [-0.4, -0.2) is 12.3 Å². The molecule has 1 aliphatic rings. The van der Waals surface area contributed by atoms with Crippen molar-refractivity contribution in [3.63, 3.8) is 0 Å². The van der Waals surface area contributed by atoms with E-state index in [1.807, 2.05) is 19.1 Å². The van der Waals surface area contributed by atoms with Crippen molar-refractivity contribution in [2.45, 2.75) is 13.3 Å². The zero-order chi connectivity index (χ0) is 13.4. The molecule has 3 rings (SSSR count). The Balaban J connectivity index is 2.02. The van der Waals surface area contributed by atoms with Crippen LogP contribution in [0.3, 0.4) is 0 Å². The lowest BCUT2D eigenvalue weighted by atomic mass is 9.99. The van der Waals surface area contributed by atoms with Crippen molar-refractivity contribution in [3.8, 4) is 0 Å². The molecule has 0 amide bonds. The molecule has 2 aromatic rings. The van der Waals surface area contributed by atoms with Gasteiger partial charge in [0.25, 0.3) is 0 Å². The molecule has 0 fully saturated rings. The third-order valence-electron chi connectivity index (χ3n) is 3.44. The van der Waals surface area contributed by atoms with Gasteiger partial charge in [-0.2, -0.15) is 0 Å². The zero-order valence-electron chi connectivity index (χ0n) is 10.7. The number of hydrogen-bond acceptors (Lipinski definition) is 2. The average Bonchev–Trinajstić information content (AvgIpc) is 2.88. The highest BCUT2D eigenvalue weighted by Gasteiger charge is 2.17. The summed E-state index contributed by atoms with van der Waals surface area (Å²) in [6, 6.07) is 10.1. The molecular formula is C16H14FNO. The second-order valence-corrected chi connectivity index (χ2v) is 4.86. The highest BCUT2D eigenvalue weighted by Crippen LogP contribution is 2.25. The Morgan fingerprint density at radius 2 is 2.05 bits per heavy atom. The molecule has 0 saturated heterocycles. The second kappa shape index (κ2) is 4.50. The predicted molar refractivity (Wildman–Crippen MR) is 73.2 cm³/mol. The molecule has 0 aromatic heterocycles. The Bertz CT molecular complexity index is 664. The van der Waals surface area contributed by atoms with Crippen LogP contribution in [0.4, 0.5) is 10.1 Å². The number of fused-ring (bicyclic) bond motifs is 1. The average molecular weight is 255 g/mol. The molecule has 3 heteroatoms. The standard InChI is InChI=1S/C16H14FNO/c1-10-2-4-14(17)13(8-10)16(19)12-3-5-15-11(9-12)6-7-18-15/h2-5,8-9,18H,6-7H2,1H3. The van der Waals surface area contributed by atoms with E-state index in [4.69, 9.17) is 0 Å². The number of anilines is 1. The van der Waals surface area contributed by atoms with Crippen LogP contribution in [0.1, 0.15) is 27.0 Å². The third kappa shape index (κ3) is 2.12. The SMILES string of the molecule is Cc1ccc(F)c(C(=O)c2ccc3c(c2)CCN3)c1. The van der Waals surface area contributed by atoms with Crippen LogP contribution in [0.25, 0.3) is 0 Å². The summed E-state index contributed by atoms with van der Waals surface area (Å²) in [7, 11) is 0. The van der Waals surface area contributed by atoms with Crippen LogP contribution in [0.2, 0.25) is 0 Å². The zero-order valence-corrected chi connectivity index (χ0v) is 10.7. The van der Waals surface area contributed by atoms with Crippen LogP contribution >= 0.6 is 0 Å². The number of ketones is 1. The molecule has 0 bridgehead atoms. The number of hydrogen-bond donors (Lipinski definition) is 1. The minimum atomic E-state index is -0.464. The van der Waals surface area contributed by atoms with Crippen LogP contribution in [0, 0.1) is 12.7 Å². The van der Waals surface area contributed by atoms with E-state index in [0.717, 1.165) is 29.8 Å². The van der Waals surface area contributed by atoms with Crippen LogP contribution in [0.15, 0.2) is 36.4 Å². The molecule has 1 aliphatic heterocycles.